The van der Waals surface area contributed by atoms with Crippen LogP contribution in [0.3, 0.4) is 0 Å². The molecule has 0 saturated heterocycles. The number of carbonyl (C=O) groups excluding carboxylic acids is 1. The number of halogens is 1. The summed E-state index contributed by atoms with van der Waals surface area (Å²) in [6, 6.07) is 13.6. The van der Waals surface area contributed by atoms with Crippen molar-refractivity contribution in [1.82, 2.24) is 10.5 Å². The molecule has 0 fully saturated rings. The molecule has 1 amide bonds. The van der Waals surface area contributed by atoms with Crippen molar-refractivity contribution in [3.05, 3.63) is 65.6 Å². The monoisotopic (exact) mass is 382 g/mol. The van der Waals surface area contributed by atoms with Crippen LogP contribution in [-0.2, 0) is 17.8 Å². The molecule has 0 saturated carbocycles. The lowest BCUT2D eigenvalue weighted by molar-refractivity contribution is -0.123. The summed E-state index contributed by atoms with van der Waals surface area (Å²) in [4.78, 5) is 11.9. The molecular formula is C21H19FN2O4. The van der Waals surface area contributed by atoms with Gasteiger partial charge in [-0.15, -0.1) is 0 Å². The summed E-state index contributed by atoms with van der Waals surface area (Å²) < 4.78 is 29.7. The molecular weight excluding hydrogens is 363 g/mol. The standard InChI is InChI=1S/C21H19FN2O4/c1-13-8-15-9-14(6-7-18(15)27-13)20-10-16(24-28-20)11-23-21(25)12-26-19-5-3-2-4-17(19)22/h2-7,9-10,13H,8,11-12H2,1H3,(H,23,25). The van der Waals surface area contributed by atoms with E-state index in [1.165, 1.54) is 12.1 Å². The van der Waals surface area contributed by atoms with Crippen molar-refractivity contribution in [2.24, 2.45) is 0 Å². The van der Waals surface area contributed by atoms with Crippen LogP contribution in [0.25, 0.3) is 11.3 Å². The smallest absolute Gasteiger partial charge is 0.258 e. The van der Waals surface area contributed by atoms with Crippen LogP contribution in [0.1, 0.15) is 18.2 Å². The van der Waals surface area contributed by atoms with Crippen molar-refractivity contribution in [1.29, 1.82) is 0 Å². The van der Waals surface area contributed by atoms with E-state index in [9.17, 15) is 9.18 Å². The molecule has 0 bridgehead atoms. The van der Waals surface area contributed by atoms with E-state index in [0.717, 1.165) is 23.3 Å². The summed E-state index contributed by atoms with van der Waals surface area (Å²) in [6.07, 6.45) is 1.04. The molecule has 7 heteroatoms. The van der Waals surface area contributed by atoms with Gasteiger partial charge in [-0.1, -0.05) is 17.3 Å². The molecule has 1 aliphatic heterocycles. The lowest BCUT2D eigenvalue weighted by Crippen LogP contribution is -2.28. The summed E-state index contributed by atoms with van der Waals surface area (Å²) in [7, 11) is 0. The molecule has 2 aromatic carbocycles. The molecule has 1 N–H and O–H groups in total. The molecule has 1 aliphatic rings. The third kappa shape index (κ3) is 3.98. The fourth-order valence-corrected chi connectivity index (χ4v) is 3.05. The highest BCUT2D eigenvalue weighted by molar-refractivity contribution is 5.77. The molecule has 1 aromatic heterocycles. The average molecular weight is 382 g/mol. The van der Waals surface area contributed by atoms with Crippen LogP contribution in [0.4, 0.5) is 4.39 Å². The zero-order chi connectivity index (χ0) is 19.5. The van der Waals surface area contributed by atoms with E-state index < -0.39 is 5.82 Å². The van der Waals surface area contributed by atoms with Gasteiger partial charge in [0.05, 0.1) is 6.54 Å². The number of aromatic nitrogens is 1. The van der Waals surface area contributed by atoms with Crippen LogP contribution in [-0.4, -0.2) is 23.8 Å². The van der Waals surface area contributed by atoms with Gasteiger partial charge in [0.2, 0.25) is 0 Å². The quantitative estimate of drug-likeness (QED) is 0.706. The Kier molecular flexibility index (Phi) is 4.97. The maximum atomic E-state index is 13.5. The molecule has 0 spiro atoms. The third-order valence-corrected chi connectivity index (χ3v) is 4.40. The van der Waals surface area contributed by atoms with Crippen LogP contribution >= 0.6 is 0 Å². The molecule has 4 rings (SSSR count). The number of hydrogen-bond acceptors (Lipinski definition) is 5. The maximum Gasteiger partial charge on any atom is 0.258 e. The topological polar surface area (TPSA) is 73.6 Å². The highest BCUT2D eigenvalue weighted by Crippen LogP contribution is 2.33. The summed E-state index contributed by atoms with van der Waals surface area (Å²) in [5, 5.41) is 6.66. The van der Waals surface area contributed by atoms with Gasteiger partial charge in [-0.05, 0) is 42.8 Å². The number of carbonyl (C=O) groups is 1. The highest BCUT2D eigenvalue weighted by Gasteiger charge is 2.20. The zero-order valence-corrected chi connectivity index (χ0v) is 15.3. The van der Waals surface area contributed by atoms with Crippen molar-refractivity contribution in [2.45, 2.75) is 26.0 Å². The second-order valence-electron chi connectivity index (χ2n) is 6.63. The lowest BCUT2D eigenvalue weighted by atomic mass is 10.1. The molecule has 28 heavy (non-hydrogen) atoms. The molecule has 0 aliphatic carbocycles. The Labute approximate surface area is 161 Å². The molecule has 3 aromatic rings. The minimum absolute atomic E-state index is 0.0382. The van der Waals surface area contributed by atoms with Crippen molar-refractivity contribution in [3.8, 4) is 22.8 Å². The number of para-hydroxylation sites is 1. The Morgan fingerprint density at radius 3 is 3.00 bits per heavy atom. The minimum Gasteiger partial charge on any atom is -0.490 e. The number of fused-ring (bicyclic) bond motifs is 1. The Bertz CT molecular complexity index is 1000. The second kappa shape index (κ2) is 7.72. The first-order chi connectivity index (χ1) is 13.6. The number of ether oxygens (including phenoxy) is 2. The molecule has 1 unspecified atom stereocenters. The molecule has 144 valence electrons. The Morgan fingerprint density at radius 2 is 2.14 bits per heavy atom. The predicted molar refractivity (Wildman–Crippen MR) is 99.5 cm³/mol. The molecule has 1 atom stereocenters. The summed E-state index contributed by atoms with van der Waals surface area (Å²) in [5.74, 6) is 0.672. The van der Waals surface area contributed by atoms with Crippen molar-refractivity contribution < 1.29 is 23.2 Å². The highest BCUT2D eigenvalue weighted by atomic mass is 19.1. The number of nitrogens with one attached hydrogen (secondary N) is 1. The number of hydrogen-bond donors (Lipinski definition) is 1. The average Bonchev–Trinajstić information content (AvgIpc) is 3.30. The maximum absolute atomic E-state index is 13.5. The number of benzene rings is 2. The van der Waals surface area contributed by atoms with Crippen molar-refractivity contribution >= 4 is 5.91 Å². The summed E-state index contributed by atoms with van der Waals surface area (Å²) in [5.41, 5.74) is 2.63. The van der Waals surface area contributed by atoms with Gasteiger partial charge in [-0.25, -0.2) is 4.39 Å². The van der Waals surface area contributed by atoms with E-state index >= 15 is 0 Å². The summed E-state index contributed by atoms with van der Waals surface area (Å²) in [6.45, 7) is 1.94. The predicted octanol–water partition coefficient (Wildman–Crippen LogP) is 3.50. The van der Waals surface area contributed by atoms with Gasteiger partial charge in [0.25, 0.3) is 5.91 Å². The van der Waals surface area contributed by atoms with Crippen LogP contribution in [0.2, 0.25) is 0 Å². The van der Waals surface area contributed by atoms with E-state index in [2.05, 4.69) is 10.5 Å². The van der Waals surface area contributed by atoms with E-state index in [-0.39, 0.29) is 30.9 Å². The van der Waals surface area contributed by atoms with Crippen LogP contribution in [0, 0.1) is 5.82 Å². The van der Waals surface area contributed by atoms with Gasteiger partial charge in [-0.3, -0.25) is 4.79 Å². The van der Waals surface area contributed by atoms with Crippen molar-refractivity contribution in [3.63, 3.8) is 0 Å². The fraction of sp³-hybridized carbons (Fsp3) is 0.238. The van der Waals surface area contributed by atoms with E-state index in [1.807, 2.05) is 25.1 Å². The third-order valence-electron chi connectivity index (χ3n) is 4.40. The van der Waals surface area contributed by atoms with Gasteiger partial charge in [0, 0.05) is 18.1 Å². The normalized spacial score (nSPS) is 15.0. The van der Waals surface area contributed by atoms with Gasteiger partial charge in [-0.2, -0.15) is 0 Å². The van der Waals surface area contributed by atoms with Gasteiger partial charge in [0.15, 0.2) is 23.9 Å². The van der Waals surface area contributed by atoms with Gasteiger partial charge >= 0.3 is 0 Å². The summed E-state index contributed by atoms with van der Waals surface area (Å²) >= 11 is 0. The SMILES string of the molecule is CC1Cc2cc(-c3cc(CNC(=O)COc4ccccc4F)no3)ccc2O1. The first-order valence-corrected chi connectivity index (χ1v) is 8.98. The van der Waals surface area contributed by atoms with Gasteiger partial charge in [0.1, 0.15) is 17.5 Å². The molecule has 6 nitrogen and oxygen atoms in total. The first kappa shape index (κ1) is 18.0. The number of rotatable bonds is 6. The van der Waals surface area contributed by atoms with E-state index in [1.54, 1.807) is 18.2 Å². The molecule has 0 radical (unpaired) electrons. The van der Waals surface area contributed by atoms with Crippen LogP contribution in [0.5, 0.6) is 11.5 Å². The zero-order valence-electron chi connectivity index (χ0n) is 15.3. The Morgan fingerprint density at radius 1 is 1.29 bits per heavy atom. The first-order valence-electron chi connectivity index (χ1n) is 8.98. The Balaban J connectivity index is 1.32. The second-order valence-corrected chi connectivity index (χ2v) is 6.63. The number of amides is 1. The lowest BCUT2D eigenvalue weighted by Gasteiger charge is -2.06. The van der Waals surface area contributed by atoms with Crippen LogP contribution < -0.4 is 14.8 Å². The fourth-order valence-electron chi connectivity index (χ4n) is 3.05. The van der Waals surface area contributed by atoms with E-state index in [4.69, 9.17) is 14.0 Å². The Hall–Kier alpha value is -3.35. The van der Waals surface area contributed by atoms with Crippen LogP contribution in [0.15, 0.2) is 53.1 Å². The van der Waals surface area contributed by atoms with E-state index in [0.29, 0.717) is 11.5 Å². The van der Waals surface area contributed by atoms with Gasteiger partial charge < -0.3 is 19.3 Å². The largest absolute Gasteiger partial charge is 0.490 e. The number of nitrogens with zero attached hydrogens (tertiary/aromatic N) is 1. The minimum atomic E-state index is -0.509. The van der Waals surface area contributed by atoms with Crippen molar-refractivity contribution in [2.75, 3.05) is 6.61 Å². The molecule has 2 heterocycles.